The van der Waals surface area contributed by atoms with Gasteiger partial charge in [-0.05, 0) is 6.92 Å². The molecule has 2 rings (SSSR count). The summed E-state index contributed by atoms with van der Waals surface area (Å²) in [7, 11) is 3.54. The highest BCUT2D eigenvalue weighted by atomic mass is 127. The Morgan fingerprint density at radius 3 is 2.32 bits per heavy atom. The first-order valence-electron chi connectivity index (χ1n) is 8.64. The summed E-state index contributed by atoms with van der Waals surface area (Å²) in [6.45, 7) is 7.15. The molecule has 0 bridgehead atoms. The van der Waals surface area contributed by atoms with E-state index >= 15 is 0 Å². The molecule has 0 atom stereocenters. The molecule has 25 heavy (non-hydrogen) atoms. The summed E-state index contributed by atoms with van der Waals surface area (Å²) in [5, 5.41) is 3.43. The predicted octanol–water partition coefficient (Wildman–Crippen LogP) is 1.15. The SMILES string of the molecule is CCOC(=O)N1CCN(C(=NC)NCC2(OC)CCOCC2)CC1.I. The highest BCUT2D eigenvalue weighted by Crippen LogP contribution is 2.23. The van der Waals surface area contributed by atoms with Gasteiger partial charge in [0.05, 0.1) is 12.2 Å². The third-order valence-corrected chi connectivity index (χ3v) is 4.72. The summed E-state index contributed by atoms with van der Waals surface area (Å²) in [6.07, 6.45) is 1.52. The first-order valence-corrected chi connectivity index (χ1v) is 8.64. The number of nitrogens with one attached hydrogen (secondary N) is 1. The zero-order valence-corrected chi connectivity index (χ0v) is 17.8. The van der Waals surface area contributed by atoms with Crippen molar-refractivity contribution in [2.75, 3.05) is 66.7 Å². The molecule has 1 N–H and O–H groups in total. The van der Waals surface area contributed by atoms with Gasteiger partial charge in [0.1, 0.15) is 0 Å². The van der Waals surface area contributed by atoms with Crippen LogP contribution in [0.2, 0.25) is 0 Å². The summed E-state index contributed by atoms with van der Waals surface area (Å²) in [6, 6.07) is 0. The van der Waals surface area contributed by atoms with Crippen molar-refractivity contribution in [3.63, 3.8) is 0 Å². The molecule has 2 saturated heterocycles. The fourth-order valence-electron chi connectivity index (χ4n) is 3.08. The molecule has 1 amide bonds. The fourth-order valence-corrected chi connectivity index (χ4v) is 3.08. The van der Waals surface area contributed by atoms with Gasteiger partial charge in [0, 0.05) is 72.9 Å². The van der Waals surface area contributed by atoms with E-state index in [1.807, 2.05) is 6.92 Å². The van der Waals surface area contributed by atoms with E-state index in [1.165, 1.54) is 0 Å². The minimum absolute atomic E-state index is 0. The van der Waals surface area contributed by atoms with E-state index in [0.29, 0.717) is 26.2 Å². The van der Waals surface area contributed by atoms with E-state index in [4.69, 9.17) is 14.2 Å². The van der Waals surface area contributed by atoms with E-state index in [1.54, 1.807) is 19.1 Å². The van der Waals surface area contributed by atoms with E-state index in [-0.39, 0.29) is 35.7 Å². The molecular weight excluding hydrogens is 439 g/mol. The summed E-state index contributed by atoms with van der Waals surface area (Å²) >= 11 is 0. The van der Waals surface area contributed by atoms with Crippen LogP contribution in [0.4, 0.5) is 4.79 Å². The maximum absolute atomic E-state index is 11.8. The molecule has 0 radical (unpaired) electrons. The Bertz CT molecular complexity index is 436. The normalized spacial score (nSPS) is 20.7. The Balaban J connectivity index is 0.00000312. The highest BCUT2D eigenvalue weighted by molar-refractivity contribution is 14.0. The van der Waals surface area contributed by atoms with Gasteiger partial charge in [-0.3, -0.25) is 4.99 Å². The molecule has 2 fully saturated rings. The molecule has 0 spiro atoms. The van der Waals surface area contributed by atoms with Crippen molar-refractivity contribution in [1.82, 2.24) is 15.1 Å². The molecule has 2 aliphatic heterocycles. The van der Waals surface area contributed by atoms with Gasteiger partial charge in [0.2, 0.25) is 0 Å². The number of hydrogen-bond acceptors (Lipinski definition) is 5. The molecule has 8 nitrogen and oxygen atoms in total. The van der Waals surface area contributed by atoms with Gasteiger partial charge >= 0.3 is 6.09 Å². The molecule has 0 aliphatic carbocycles. The van der Waals surface area contributed by atoms with Gasteiger partial charge in [-0.2, -0.15) is 0 Å². The van der Waals surface area contributed by atoms with Gasteiger partial charge in [-0.1, -0.05) is 0 Å². The number of carbonyl (C=O) groups excluding carboxylic acids is 1. The number of aliphatic imine (C=N–C) groups is 1. The van der Waals surface area contributed by atoms with Crippen molar-refractivity contribution < 1.29 is 19.0 Å². The number of amides is 1. The first-order chi connectivity index (χ1) is 11.6. The molecule has 0 unspecified atom stereocenters. The third kappa shape index (κ3) is 6.14. The number of guanidine groups is 1. The van der Waals surface area contributed by atoms with Crippen molar-refractivity contribution in [2.45, 2.75) is 25.4 Å². The summed E-state index contributed by atoms with van der Waals surface area (Å²) in [4.78, 5) is 20.0. The van der Waals surface area contributed by atoms with Crippen LogP contribution in [-0.2, 0) is 14.2 Å². The lowest BCUT2D eigenvalue weighted by Crippen LogP contribution is -2.56. The van der Waals surface area contributed by atoms with Gasteiger partial charge in [0.25, 0.3) is 0 Å². The molecule has 146 valence electrons. The molecule has 0 aromatic rings. The average Bonchev–Trinajstić information content (AvgIpc) is 2.63. The van der Waals surface area contributed by atoms with Crippen molar-refractivity contribution >= 4 is 36.0 Å². The standard InChI is InChI=1S/C16H30N4O4.HI/c1-4-24-15(21)20-9-7-19(8-10-20)14(17-2)18-13-16(22-3)5-11-23-12-6-16;/h4-13H2,1-3H3,(H,17,18);1H. The zero-order chi connectivity index (χ0) is 17.4. The lowest BCUT2D eigenvalue weighted by atomic mass is 9.94. The van der Waals surface area contributed by atoms with Crippen molar-refractivity contribution in [1.29, 1.82) is 0 Å². The van der Waals surface area contributed by atoms with Crippen LogP contribution in [0.1, 0.15) is 19.8 Å². The Morgan fingerprint density at radius 1 is 1.20 bits per heavy atom. The first kappa shape index (κ1) is 22.2. The topological polar surface area (TPSA) is 75.6 Å². The molecular formula is C16H31IN4O4. The molecule has 0 aromatic heterocycles. The Morgan fingerprint density at radius 2 is 1.80 bits per heavy atom. The molecule has 0 aromatic carbocycles. The number of halogens is 1. The van der Waals surface area contributed by atoms with Crippen LogP contribution in [-0.4, -0.2) is 94.2 Å². The average molecular weight is 470 g/mol. The van der Waals surface area contributed by atoms with Crippen LogP contribution in [0.15, 0.2) is 4.99 Å². The molecule has 9 heteroatoms. The Labute approximate surface area is 167 Å². The number of hydrogen-bond donors (Lipinski definition) is 1. The van der Waals surface area contributed by atoms with E-state index in [2.05, 4.69) is 15.2 Å². The van der Waals surface area contributed by atoms with Gasteiger partial charge < -0.3 is 29.3 Å². The van der Waals surface area contributed by atoms with Crippen LogP contribution >= 0.6 is 24.0 Å². The maximum atomic E-state index is 11.8. The Kier molecular flexibility index (Phi) is 9.80. The number of piperazine rings is 1. The summed E-state index contributed by atoms with van der Waals surface area (Å²) < 4.78 is 16.2. The van der Waals surface area contributed by atoms with Crippen LogP contribution in [0.3, 0.4) is 0 Å². The van der Waals surface area contributed by atoms with Gasteiger partial charge in [-0.25, -0.2) is 4.79 Å². The maximum Gasteiger partial charge on any atom is 0.409 e. The van der Waals surface area contributed by atoms with Crippen LogP contribution in [0.5, 0.6) is 0 Å². The van der Waals surface area contributed by atoms with Gasteiger partial charge in [0.15, 0.2) is 5.96 Å². The number of nitrogens with zero attached hydrogens (tertiary/aromatic N) is 3. The van der Waals surface area contributed by atoms with Crippen LogP contribution in [0.25, 0.3) is 0 Å². The lowest BCUT2D eigenvalue weighted by Gasteiger charge is -2.39. The predicted molar refractivity (Wildman–Crippen MR) is 107 cm³/mol. The third-order valence-electron chi connectivity index (χ3n) is 4.72. The second-order valence-electron chi connectivity index (χ2n) is 6.07. The summed E-state index contributed by atoms with van der Waals surface area (Å²) in [5.41, 5.74) is -0.194. The van der Waals surface area contributed by atoms with Crippen molar-refractivity contribution in [3.05, 3.63) is 0 Å². The number of carbonyl (C=O) groups is 1. The molecule has 2 heterocycles. The van der Waals surface area contributed by atoms with Crippen molar-refractivity contribution in [2.24, 2.45) is 4.99 Å². The minimum Gasteiger partial charge on any atom is -0.450 e. The van der Waals surface area contributed by atoms with E-state index < -0.39 is 0 Å². The summed E-state index contributed by atoms with van der Waals surface area (Å²) in [5.74, 6) is 0.849. The van der Waals surface area contributed by atoms with Gasteiger partial charge in [-0.15, -0.1) is 24.0 Å². The zero-order valence-electron chi connectivity index (χ0n) is 15.5. The Hall–Kier alpha value is -0.810. The smallest absolute Gasteiger partial charge is 0.409 e. The van der Waals surface area contributed by atoms with E-state index in [0.717, 1.165) is 45.1 Å². The fraction of sp³-hybridized carbons (Fsp3) is 0.875. The van der Waals surface area contributed by atoms with Crippen LogP contribution in [0, 0.1) is 0 Å². The minimum atomic E-state index is -0.236. The largest absolute Gasteiger partial charge is 0.450 e. The monoisotopic (exact) mass is 470 g/mol. The quantitative estimate of drug-likeness (QED) is 0.378. The molecule has 2 aliphatic rings. The highest BCUT2D eigenvalue weighted by Gasteiger charge is 2.33. The van der Waals surface area contributed by atoms with E-state index in [9.17, 15) is 4.79 Å². The second kappa shape index (κ2) is 11.0. The lowest BCUT2D eigenvalue weighted by molar-refractivity contribution is -0.0858. The van der Waals surface area contributed by atoms with Crippen molar-refractivity contribution in [3.8, 4) is 0 Å². The van der Waals surface area contributed by atoms with Crippen LogP contribution < -0.4 is 5.32 Å². The molecule has 0 saturated carbocycles. The number of methoxy groups -OCH3 is 1. The number of ether oxygens (including phenoxy) is 3. The second-order valence-corrected chi connectivity index (χ2v) is 6.07. The number of rotatable bonds is 4.